The van der Waals surface area contributed by atoms with Crippen molar-refractivity contribution in [3.63, 3.8) is 0 Å². The highest BCUT2D eigenvalue weighted by molar-refractivity contribution is 7.90. The Hall–Kier alpha value is -1.88. The van der Waals surface area contributed by atoms with Crippen LogP contribution >= 0.6 is 11.6 Å². The summed E-state index contributed by atoms with van der Waals surface area (Å²) in [5.41, 5.74) is -1.91. The Labute approximate surface area is 128 Å². The maximum atomic E-state index is 13.1. The molecule has 0 amide bonds. The molecule has 0 atom stereocenters. The number of alkyl halides is 3. The van der Waals surface area contributed by atoms with Crippen LogP contribution in [-0.2, 0) is 16.2 Å². The van der Waals surface area contributed by atoms with Gasteiger partial charge in [-0.05, 0) is 12.1 Å². The van der Waals surface area contributed by atoms with Crippen LogP contribution in [0, 0.1) is 0 Å². The minimum atomic E-state index is -4.99. The van der Waals surface area contributed by atoms with E-state index in [0.717, 1.165) is 12.4 Å². The predicted octanol–water partition coefficient (Wildman–Crippen LogP) is 1.68. The topological polar surface area (TPSA) is 79.9 Å². The Balaban J connectivity index is 2.82. The fourth-order valence-corrected chi connectivity index (χ4v) is 2.82. The van der Waals surface area contributed by atoms with E-state index in [4.69, 9.17) is 11.6 Å². The number of imidazole rings is 1. The van der Waals surface area contributed by atoms with E-state index in [1.165, 1.54) is 25.1 Å². The smallest absolute Gasteiger partial charge is 0.368 e. The number of nitrogens with zero attached hydrogens (tertiary/aromatic N) is 5. The van der Waals surface area contributed by atoms with Crippen molar-refractivity contribution in [3.8, 4) is 0 Å². The summed E-state index contributed by atoms with van der Waals surface area (Å²) in [6.45, 7) is 0. The molecule has 7 nitrogen and oxygen atoms in total. The third kappa shape index (κ3) is 3.14. The first-order valence-electron chi connectivity index (χ1n) is 5.62. The minimum absolute atomic E-state index is 0.188. The first kappa shape index (κ1) is 16.5. The van der Waals surface area contributed by atoms with Crippen molar-refractivity contribution in [1.29, 1.82) is 0 Å². The largest absolute Gasteiger partial charge is 0.436 e. The Morgan fingerprint density at radius 2 is 2.00 bits per heavy atom. The van der Waals surface area contributed by atoms with E-state index in [-0.39, 0.29) is 10.8 Å². The molecule has 2 aromatic heterocycles. The molecule has 0 spiro atoms. The van der Waals surface area contributed by atoms with Crippen LogP contribution in [0.5, 0.6) is 0 Å². The maximum absolute atomic E-state index is 13.1. The maximum Gasteiger partial charge on any atom is 0.436 e. The second-order valence-corrected chi connectivity index (χ2v) is 6.28. The lowest BCUT2D eigenvalue weighted by molar-refractivity contribution is -0.143. The molecular weight excluding hydrogens is 347 g/mol. The van der Waals surface area contributed by atoms with Gasteiger partial charge in [0, 0.05) is 14.1 Å². The number of fused-ring (bicyclic) bond motifs is 1. The van der Waals surface area contributed by atoms with E-state index < -0.39 is 26.9 Å². The number of sulfonamides is 1. The van der Waals surface area contributed by atoms with Gasteiger partial charge in [0.05, 0.1) is 0 Å². The molecule has 0 saturated carbocycles. The average Bonchev–Trinajstić information content (AvgIpc) is 2.75. The predicted molar refractivity (Wildman–Crippen MR) is 72.4 cm³/mol. The Morgan fingerprint density at radius 3 is 2.55 bits per heavy atom. The second kappa shape index (κ2) is 5.39. The van der Waals surface area contributed by atoms with Gasteiger partial charge in [0.15, 0.2) is 11.3 Å². The van der Waals surface area contributed by atoms with Crippen molar-refractivity contribution in [2.45, 2.75) is 11.2 Å². The first-order valence-corrected chi connectivity index (χ1v) is 7.43. The van der Waals surface area contributed by atoms with Crippen molar-refractivity contribution in [1.82, 2.24) is 19.5 Å². The van der Waals surface area contributed by atoms with Gasteiger partial charge in [-0.1, -0.05) is 11.6 Å². The quantitative estimate of drug-likeness (QED) is 0.618. The molecule has 0 radical (unpaired) electrons. The summed E-state index contributed by atoms with van der Waals surface area (Å²) in [6, 6.07) is 2.32. The van der Waals surface area contributed by atoms with Gasteiger partial charge >= 0.3 is 16.2 Å². The van der Waals surface area contributed by atoms with Gasteiger partial charge < -0.3 is 4.90 Å². The van der Waals surface area contributed by atoms with E-state index in [2.05, 4.69) is 14.5 Å². The molecule has 0 N–H and O–H groups in total. The number of rotatable bonds is 3. The van der Waals surface area contributed by atoms with Gasteiger partial charge in [-0.3, -0.25) is 0 Å². The Bertz CT molecular complexity index is 844. The van der Waals surface area contributed by atoms with E-state index in [1.807, 2.05) is 0 Å². The molecule has 0 aliphatic rings. The molecule has 2 heterocycles. The lowest BCUT2D eigenvalue weighted by Gasteiger charge is -2.06. The van der Waals surface area contributed by atoms with E-state index in [0.29, 0.717) is 4.52 Å². The fourth-order valence-electron chi connectivity index (χ4n) is 1.51. The van der Waals surface area contributed by atoms with E-state index in [9.17, 15) is 21.6 Å². The van der Waals surface area contributed by atoms with Gasteiger partial charge in [-0.25, -0.2) is 4.98 Å². The molecular formula is C10H9ClF3N5O2S. The lowest BCUT2D eigenvalue weighted by Crippen LogP contribution is -2.16. The number of halogens is 4. The monoisotopic (exact) mass is 355 g/mol. The summed E-state index contributed by atoms with van der Waals surface area (Å²) in [5, 5.41) is 2.18. The first-order chi connectivity index (χ1) is 10.0. The van der Waals surface area contributed by atoms with Crippen molar-refractivity contribution in [2.75, 3.05) is 14.1 Å². The number of hydrogen-bond donors (Lipinski definition) is 0. The molecule has 0 aromatic carbocycles. The summed E-state index contributed by atoms with van der Waals surface area (Å²) in [5.74, 6) is 0. The molecule has 0 bridgehead atoms. The molecule has 0 unspecified atom stereocenters. The van der Waals surface area contributed by atoms with Crippen LogP contribution < -0.4 is 0 Å². The minimum Gasteiger partial charge on any atom is -0.368 e. The van der Waals surface area contributed by atoms with Crippen LogP contribution in [0.2, 0.25) is 5.15 Å². The molecule has 2 aromatic rings. The molecule has 0 saturated heterocycles. The standard InChI is InChI=1S/C10H9ClF3N5O2S/c1-18(2)5-15-22(20,21)9-8(10(12,13)14)16-7-4-3-6(11)17-19(7)9/h3-5H,1-2H3/b15-5-. The highest BCUT2D eigenvalue weighted by Gasteiger charge is 2.42. The molecule has 0 aliphatic heterocycles. The molecule has 12 heteroatoms. The summed E-state index contributed by atoms with van der Waals surface area (Å²) in [6.07, 6.45) is -4.13. The van der Waals surface area contributed by atoms with Gasteiger partial charge in [0.2, 0.25) is 5.03 Å². The third-order valence-electron chi connectivity index (χ3n) is 2.33. The molecule has 120 valence electrons. The molecule has 0 fully saturated rings. The third-order valence-corrected chi connectivity index (χ3v) is 3.76. The van der Waals surface area contributed by atoms with Gasteiger partial charge in [0.1, 0.15) is 11.5 Å². The average molecular weight is 356 g/mol. The van der Waals surface area contributed by atoms with Crippen LogP contribution in [0.3, 0.4) is 0 Å². The number of aromatic nitrogens is 3. The van der Waals surface area contributed by atoms with Crippen LogP contribution in [0.15, 0.2) is 21.6 Å². The van der Waals surface area contributed by atoms with Crippen LogP contribution in [0.4, 0.5) is 13.2 Å². The summed E-state index contributed by atoms with van der Waals surface area (Å²) >= 11 is 5.61. The molecule has 0 aliphatic carbocycles. The zero-order chi connectivity index (χ0) is 16.7. The van der Waals surface area contributed by atoms with Crippen LogP contribution in [0.25, 0.3) is 5.65 Å². The Morgan fingerprint density at radius 1 is 1.36 bits per heavy atom. The Kier molecular flexibility index (Phi) is 4.04. The fraction of sp³-hybridized carbons (Fsp3) is 0.300. The normalized spacial score (nSPS) is 13.2. The van der Waals surface area contributed by atoms with Gasteiger partial charge in [-0.2, -0.15) is 31.2 Å². The van der Waals surface area contributed by atoms with E-state index in [1.54, 1.807) is 0 Å². The lowest BCUT2D eigenvalue weighted by atomic mass is 10.5. The zero-order valence-corrected chi connectivity index (χ0v) is 12.8. The summed E-state index contributed by atoms with van der Waals surface area (Å²) in [7, 11) is -1.75. The van der Waals surface area contributed by atoms with E-state index >= 15 is 0 Å². The highest BCUT2D eigenvalue weighted by Crippen LogP contribution is 2.34. The van der Waals surface area contributed by atoms with Crippen molar-refractivity contribution in [3.05, 3.63) is 23.0 Å². The number of hydrogen-bond acceptors (Lipinski definition) is 4. The van der Waals surface area contributed by atoms with Crippen molar-refractivity contribution >= 4 is 33.6 Å². The van der Waals surface area contributed by atoms with Gasteiger partial charge in [-0.15, -0.1) is 4.40 Å². The van der Waals surface area contributed by atoms with Crippen LogP contribution in [0.1, 0.15) is 5.69 Å². The molecule has 22 heavy (non-hydrogen) atoms. The second-order valence-electron chi connectivity index (χ2n) is 4.35. The van der Waals surface area contributed by atoms with Crippen molar-refractivity contribution in [2.24, 2.45) is 4.40 Å². The summed E-state index contributed by atoms with van der Waals surface area (Å²) in [4.78, 5) is 4.53. The van der Waals surface area contributed by atoms with Crippen molar-refractivity contribution < 1.29 is 21.6 Å². The highest BCUT2D eigenvalue weighted by atomic mass is 35.5. The zero-order valence-electron chi connectivity index (χ0n) is 11.2. The summed E-state index contributed by atoms with van der Waals surface area (Å²) < 4.78 is 67.1. The SMILES string of the molecule is CN(C)/C=N\S(=O)(=O)c1c(C(F)(F)F)nc2ccc(Cl)nn12. The van der Waals surface area contributed by atoms with Gasteiger partial charge in [0.25, 0.3) is 0 Å². The molecule has 2 rings (SSSR count). The van der Waals surface area contributed by atoms with Crippen LogP contribution in [-0.4, -0.2) is 48.3 Å².